The first kappa shape index (κ1) is 18.0. The fourth-order valence-corrected chi connectivity index (χ4v) is 4.29. The number of nitrogens with two attached hydrogens (primary N) is 1. The summed E-state index contributed by atoms with van der Waals surface area (Å²) in [6.07, 6.45) is 1.45. The molecule has 2 heterocycles. The highest BCUT2D eigenvalue weighted by Crippen LogP contribution is 2.30. The summed E-state index contributed by atoms with van der Waals surface area (Å²) in [4.78, 5) is 25.2. The second kappa shape index (κ2) is 6.68. The molecule has 0 unspecified atom stereocenters. The number of esters is 1. The molecule has 0 aliphatic heterocycles. The van der Waals surface area contributed by atoms with Crippen LogP contribution in [0.1, 0.15) is 16.1 Å². The fourth-order valence-electron chi connectivity index (χ4n) is 3.08. The summed E-state index contributed by atoms with van der Waals surface area (Å²) in [6.45, 7) is 0. The van der Waals surface area contributed by atoms with Crippen LogP contribution in [0.3, 0.4) is 0 Å². The minimum Gasteiger partial charge on any atom is -0.464 e. The molecule has 0 aliphatic rings. The van der Waals surface area contributed by atoms with Crippen LogP contribution in [-0.2, 0) is 4.74 Å². The topological polar surface area (TPSA) is 98.1 Å². The zero-order chi connectivity index (χ0) is 20.0. The maximum Gasteiger partial charge on any atom is 0.357 e. The van der Waals surface area contributed by atoms with Crippen LogP contribution in [0.25, 0.3) is 25.9 Å². The van der Waals surface area contributed by atoms with Gasteiger partial charge in [-0.3, -0.25) is 4.79 Å². The van der Waals surface area contributed by atoms with E-state index in [4.69, 9.17) is 22.1 Å². The molecule has 0 saturated heterocycles. The Bertz CT molecular complexity index is 1380. The molecule has 28 heavy (non-hydrogen) atoms. The molecule has 2 N–H and O–H groups in total. The number of benzene rings is 2. The number of carbonyl (C=O) groups excluding carboxylic acids is 1. The van der Waals surface area contributed by atoms with E-state index in [0.29, 0.717) is 21.5 Å². The van der Waals surface area contributed by atoms with Crippen molar-refractivity contribution in [3.8, 4) is 11.8 Å². The van der Waals surface area contributed by atoms with Gasteiger partial charge in [0, 0.05) is 37.1 Å². The Morgan fingerprint density at radius 1 is 1.21 bits per heavy atom. The Balaban J connectivity index is 2.02. The van der Waals surface area contributed by atoms with E-state index in [2.05, 4.69) is 0 Å². The van der Waals surface area contributed by atoms with Crippen molar-refractivity contribution in [2.24, 2.45) is 0 Å². The molecule has 0 fully saturated rings. The van der Waals surface area contributed by atoms with E-state index >= 15 is 0 Å². The summed E-state index contributed by atoms with van der Waals surface area (Å²) in [5, 5.41) is 10.8. The number of hydrogen-bond acceptors (Lipinski definition) is 6. The molecular weight excluding hydrogens is 398 g/mol. The normalized spacial score (nSPS) is 10.9. The van der Waals surface area contributed by atoms with Crippen molar-refractivity contribution in [1.82, 2.24) is 4.57 Å². The highest BCUT2D eigenvalue weighted by atomic mass is 35.5. The minimum absolute atomic E-state index is 0.0323. The number of nitriles is 1. The highest BCUT2D eigenvalue weighted by Gasteiger charge is 2.22. The monoisotopic (exact) mass is 409 g/mol. The number of nitrogen functional groups attached to an aromatic ring is 1. The van der Waals surface area contributed by atoms with Crippen molar-refractivity contribution in [3.63, 3.8) is 0 Å². The van der Waals surface area contributed by atoms with Crippen molar-refractivity contribution in [1.29, 1.82) is 5.26 Å². The number of rotatable bonds is 2. The number of fused-ring (bicyclic) bond motifs is 2. The average molecular weight is 410 g/mol. The quantitative estimate of drug-likeness (QED) is 0.397. The van der Waals surface area contributed by atoms with E-state index in [1.807, 2.05) is 12.1 Å². The molecule has 0 atom stereocenters. The highest BCUT2D eigenvalue weighted by molar-refractivity contribution is 7.24. The lowest BCUT2D eigenvalue weighted by Crippen LogP contribution is -2.11. The molecule has 0 aliphatic carbocycles. The van der Waals surface area contributed by atoms with Crippen LogP contribution in [0.2, 0.25) is 5.02 Å². The molecule has 2 aromatic carbocycles. The van der Waals surface area contributed by atoms with Gasteiger partial charge in [-0.25, -0.2) is 4.79 Å². The second-order valence-corrected chi connectivity index (χ2v) is 7.55. The third kappa shape index (κ3) is 2.71. The maximum atomic E-state index is 13.0. The lowest BCUT2D eigenvalue weighted by Gasteiger charge is -2.10. The van der Waals surface area contributed by atoms with Gasteiger partial charge in [0.15, 0.2) is 11.1 Å². The molecule has 4 aromatic rings. The number of nitrogens with zero attached hydrogens (tertiary/aromatic N) is 2. The van der Waals surface area contributed by atoms with Gasteiger partial charge in [0.05, 0.1) is 18.4 Å². The first-order valence-corrected chi connectivity index (χ1v) is 9.29. The summed E-state index contributed by atoms with van der Waals surface area (Å²) < 4.78 is 7.89. The molecular formula is C20H12ClN3O3S. The van der Waals surface area contributed by atoms with E-state index in [0.717, 1.165) is 9.40 Å². The van der Waals surface area contributed by atoms with Gasteiger partial charge < -0.3 is 15.0 Å². The van der Waals surface area contributed by atoms with Crippen LogP contribution < -0.4 is 11.2 Å². The largest absolute Gasteiger partial charge is 0.464 e. The van der Waals surface area contributed by atoms with E-state index in [1.165, 1.54) is 29.2 Å². The molecule has 4 rings (SSSR count). The van der Waals surface area contributed by atoms with Gasteiger partial charge in [-0.15, -0.1) is 11.3 Å². The Kier molecular flexibility index (Phi) is 4.30. The molecule has 0 radical (unpaired) electrons. The second-order valence-electron chi connectivity index (χ2n) is 6.03. The van der Waals surface area contributed by atoms with Crippen molar-refractivity contribution >= 4 is 54.8 Å². The van der Waals surface area contributed by atoms with Gasteiger partial charge in [-0.2, -0.15) is 5.26 Å². The van der Waals surface area contributed by atoms with Gasteiger partial charge in [-0.05, 0) is 36.4 Å². The minimum atomic E-state index is -0.672. The smallest absolute Gasteiger partial charge is 0.357 e. The number of ether oxygens (including phenoxy) is 1. The molecule has 0 spiro atoms. The Hall–Kier alpha value is -3.34. The van der Waals surface area contributed by atoms with Gasteiger partial charge in [0.1, 0.15) is 6.07 Å². The lowest BCUT2D eigenvalue weighted by molar-refractivity contribution is 0.0593. The number of methoxy groups -OCH3 is 1. The third-order valence-electron chi connectivity index (χ3n) is 4.44. The van der Waals surface area contributed by atoms with E-state index in [-0.39, 0.29) is 22.4 Å². The summed E-state index contributed by atoms with van der Waals surface area (Å²) in [5.74, 6) is -0.672. The van der Waals surface area contributed by atoms with Crippen LogP contribution in [0.4, 0.5) is 5.69 Å². The molecule has 138 valence electrons. The number of halogens is 1. The summed E-state index contributed by atoms with van der Waals surface area (Å²) >= 11 is 7.51. The lowest BCUT2D eigenvalue weighted by atomic mass is 10.1. The Morgan fingerprint density at radius 2 is 1.89 bits per heavy atom. The molecule has 6 nitrogen and oxygen atoms in total. The first-order chi connectivity index (χ1) is 13.4. The SMILES string of the molecule is COC(=O)c1c(N)c(C#N)cn1-c1ccc2sc3ccc(Cl)cc3c(=O)c2c1. The number of carbonyl (C=O) groups is 1. The number of aromatic nitrogens is 1. The van der Waals surface area contributed by atoms with Crippen LogP contribution in [0, 0.1) is 11.3 Å². The predicted octanol–water partition coefficient (Wildman–Crippen LogP) is 4.10. The third-order valence-corrected chi connectivity index (χ3v) is 5.82. The number of anilines is 1. The Morgan fingerprint density at radius 3 is 2.57 bits per heavy atom. The number of hydrogen-bond donors (Lipinski definition) is 1. The fraction of sp³-hybridized carbons (Fsp3) is 0.0500. The van der Waals surface area contributed by atoms with Gasteiger partial charge in [0.2, 0.25) is 0 Å². The molecule has 2 aromatic heterocycles. The molecule has 0 amide bonds. The van der Waals surface area contributed by atoms with E-state index < -0.39 is 5.97 Å². The van der Waals surface area contributed by atoms with E-state index in [1.54, 1.807) is 30.3 Å². The average Bonchev–Trinajstić information content (AvgIpc) is 3.04. The van der Waals surface area contributed by atoms with E-state index in [9.17, 15) is 14.9 Å². The van der Waals surface area contributed by atoms with Crippen LogP contribution in [0.5, 0.6) is 0 Å². The molecule has 0 saturated carbocycles. The summed E-state index contributed by atoms with van der Waals surface area (Å²) in [5.41, 5.74) is 6.53. The van der Waals surface area contributed by atoms with Crippen molar-refractivity contribution < 1.29 is 9.53 Å². The van der Waals surface area contributed by atoms with Gasteiger partial charge in [-0.1, -0.05) is 11.6 Å². The van der Waals surface area contributed by atoms with Crippen molar-refractivity contribution in [2.45, 2.75) is 0 Å². The van der Waals surface area contributed by atoms with Crippen LogP contribution >= 0.6 is 22.9 Å². The van der Waals surface area contributed by atoms with Crippen LogP contribution in [-0.4, -0.2) is 17.6 Å². The van der Waals surface area contributed by atoms with Gasteiger partial charge >= 0.3 is 5.97 Å². The zero-order valence-electron chi connectivity index (χ0n) is 14.5. The van der Waals surface area contributed by atoms with Crippen molar-refractivity contribution in [2.75, 3.05) is 12.8 Å². The van der Waals surface area contributed by atoms with Gasteiger partial charge in [0.25, 0.3) is 0 Å². The standard InChI is InChI=1S/C20H12ClN3O3S/c1-27-20(26)18-17(23)10(8-22)9-24(18)12-3-5-16-14(7-12)19(25)13-6-11(21)2-4-15(13)28-16/h2-7,9H,23H2,1H3. The predicted molar refractivity (Wildman–Crippen MR) is 110 cm³/mol. The summed E-state index contributed by atoms with van der Waals surface area (Å²) in [6, 6.07) is 12.4. The maximum absolute atomic E-state index is 13.0. The molecule has 0 bridgehead atoms. The first-order valence-electron chi connectivity index (χ1n) is 8.10. The van der Waals surface area contributed by atoms with Crippen LogP contribution in [0.15, 0.2) is 47.4 Å². The molecule has 8 heteroatoms. The van der Waals surface area contributed by atoms with Crippen molar-refractivity contribution in [3.05, 3.63) is 69.1 Å². The Labute approximate surface area is 167 Å². The summed E-state index contributed by atoms with van der Waals surface area (Å²) in [7, 11) is 1.23. The zero-order valence-corrected chi connectivity index (χ0v) is 16.1.